The molecule has 1 unspecified atom stereocenters. The summed E-state index contributed by atoms with van der Waals surface area (Å²) < 4.78 is 0. The third-order valence-corrected chi connectivity index (χ3v) is 3.96. The first-order chi connectivity index (χ1) is 8.14. The van der Waals surface area contributed by atoms with Gasteiger partial charge in [0, 0.05) is 19.2 Å². The van der Waals surface area contributed by atoms with Crippen LogP contribution in [0.3, 0.4) is 0 Å². The van der Waals surface area contributed by atoms with Gasteiger partial charge in [-0.3, -0.25) is 4.79 Å². The summed E-state index contributed by atoms with van der Waals surface area (Å²) >= 11 is 5.43. The van der Waals surface area contributed by atoms with Crippen LogP contribution in [-0.4, -0.2) is 17.9 Å². The zero-order valence-electron chi connectivity index (χ0n) is 10.0. The molecule has 0 aliphatic carbocycles. The lowest BCUT2D eigenvalue weighted by molar-refractivity contribution is -0.121. The van der Waals surface area contributed by atoms with Gasteiger partial charge in [-0.2, -0.15) is 0 Å². The van der Waals surface area contributed by atoms with Crippen molar-refractivity contribution in [1.29, 1.82) is 0 Å². The molecule has 1 aliphatic heterocycles. The summed E-state index contributed by atoms with van der Waals surface area (Å²) in [6.07, 6.45) is 1.23. The van der Waals surface area contributed by atoms with Gasteiger partial charge in [0.25, 0.3) is 0 Å². The second kappa shape index (κ2) is 4.45. The minimum atomic E-state index is -0.341. The summed E-state index contributed by atoms with van der Waals surface area (Å²) in [5.74, 6) is 0.0210. The Kier molecular flexibility index (Phi) is 3.15. The smallest absolute Gasteiger partial charge is 0.221 e. The predicted molar refractivity (Wildman–Crippen MR) is 73.3 cm³/mol. The summed E-state index contributed by atoms with van der Waals surface area (Å²) in [7, 11) is 1.66. The van der Waals surface area contributed by atoms with Crippen molar-refractivity contribution in [2.45, 2.75) is 25.2 Å². The van der Waals surface area contributed by atoms with Crippen LogP contribution < -0.4 is 10.6 Å². The molecule has 1 heterocycles. The Hall–Kier alpha value is -1.42. The zero-order chi connectivity index (χ0) is 12.5. The minimum absolute atomic E-state index is 0.0210. The van der Waals surface area contributed by atoms with E-state index in [1.165, 1.54) is 0 Å². The summed E-state index contributed by atoms with van der Waals surface area (Å²) in [6, 6.07) is 8.01. The number of thiocarbonyl (C=S) groups is 1. The molecule has 0 radical (unpaired) electrons. The molecule has 1 aromatic carbocycles. The zero-order valence-corrected chi connectivity index (χ0v) is 10.9. The fourth-order valence-corrected chi connectivity index (χ4v) is 2.82. The summed E-state index contributed by atoms with van der Waals surface area (Å²) in [6.45, 7) is 2.07. The summed E-state index contributed by atoms with van der Waals surface area (Å²) in [5.41, 5.74) is 1.82. The number of para-hydroxylation sites is 1. The van der Waals surface area contributed by atoms with Crippen LogP contribution >= 0.6 is 12.2 Å². The third kappa shape index (κ3) is 1.82. The monoisotopic (exact) mass is 248 g/mol. The normalized spacial score (nSPS) is 21.9. The molecule has 17 heavy (non-hydrogen) atoms. The van der Waals surface area contributed by atoms with Crippen LogP contribution in [0.4, 0.5) is 5.69 Å². The van der Waals surface area contributed by atoms with Crippen LogP contribution in [0.2, 0.25) is 0 Å². The summed E-state index contributed by atoms with van der Waals surface area (Å²) in [5, 5.41) is 5.90. The number of rotatable bonds is 3. The van der Waals surface area contributed by atoms with E-state index in [9.17, 15) is 4.79 Å². The maximum Gasteiger partial charge on any atom is 0.221 e. The number of carbonyl (C=O) groups excluding carboxylic acids is 1. The number of nitrogens with one attached hydrogen (secondary N) is 2. The highest BCUT2D eigenvalue weighted by Gasteiger charge is 2.43. The van der Waals surface area contributed by atoms with Crippen LogP contribution in [0.1, 0.15) is 25.3 Å². The molecule has 1 aromatic rings. The molecule has 0 saturated heterocycles. The molecule has 1 aliphatic rings. The Labute approximate surface area is 107 Å². The van der Waals surface area contributed by atoms with Gasteiger partial charge in [0.1, 0.15) is 0 Å². The van der Waals surface area contributed by atoms with E-state index < -0.39 is 0 Å². The lowest BCUT2D eigenvalue weighted by Gasteiger charge is -2.27. The fraction of sp³-hybridized carbons (Fsp3) is 0.385. The van der Waals surface area contributed by atoms with Gasteiger partial charge in [-0.05, 0) is 18.1 Å². The Balaban J connectivity index is 2.46. The van der Waals surface area contributed by atoms with Crippen LogP contribution in [0.25, 0.3) is 0 Å². The molecule has 0 spiro atoms. The van der Waals surface area contributed by atoms with Crippen LogP contribution in [0, 0.1) is 0 Å². The first-order valence-electron chi connectivity index (χ1n) is 5.75. The van der Waals surface area contributed by atoms with Gasteiger partial charge in [-0.25, -0.2) is 0 Å². The highest BCUT2D eigenvalue weighted by molar-refractivity contribution is 7.80. The van der Waals surface area contributed by atoms with Gasteiger partial charge in [0.2, 0.25) is 5.91 Å². The van der Waals surface area contributed by atoms with Crippen molar-refractivity contribution in [2.75, 3.05) is 12.4 Å². The molecule has 90 valence electrons. The fourth-order valence-electron chi connectivity index (χ4n) is 2.39. The average Bonchev–Trinajstić information content (AvgIpc) is 2.62. The maximum absolute atomic E-state index is 11.7. The molecule has 3 nitrogen and oxygen atoms in total. The summed E-state index contributed by atoms with van der Waals surface area (Å²) in [4.78, 5) is 12.4. The van der Waals surface area contributed by atoms with Crippen molar-refractivity contribution in [3.63, 3.8) is 0 Å². The maximum atomic E-state index is 11.7. The number of hydrogen-bond acceptors (Lipinski definition) is 2. The van der Waals surface area contributed by atoms with Gasteiger partial charge in [-0.1, -0.05) is 37.3 Å². The lowest BCUT2D eigenvalue weighted by atomic mass is 9.76. The van der Waals surface area contributed by atoms with Gasteiger partial charge < -0.3 is 10.6 Å². The van der Waals surface area contributed by atoms with Gasteiger partial charge in [-0.15, -0.1) is 0 Å². The Bertz CT molecular complexity index is 472. The molecule has 2 N–H and O–H groups in total. The number of anilines is 1. The van der Waals surface area contributed by atoms with E-state index in [-0.39, 0.29) is 11.3 Å². The molecular weight excluding hydrogens is 232 g/mol. The van der Waals surface area contributed by atoms with Crippen LogP contribution in [0.5, 0.6) is 0 Å². The molecule has 1 amide bonds. The van der Waals surface area contributed by atoms with Crippen molar-refractivity contribution in [3.8, 4) is 0 Å². The SMILES string of the molecule is CCC1(CC(=O)NC)C(=S)Nc2ccccc21. The molecule has 0 saturated carbocycles. The van der Waals surface area contributed by atoms with E-state index >= 15 is 0 Å². The van der Waals surface area contributed by atoms with Crippen molar-refractivity contribution >= 4 is 28.8 Å². The van der Waals surface area contributed by atoms with Crippen molar-refractivity contribution in [1.82, 2.24) is 5.32 Å². The van der Waals surface area contributed by atoms with E-state index in [2.05, 4.69) is 17.6 Å². The predicted octanol–water partition coefficient (Wildman–Crippen LogP) is 2.22. The van der Waals surface area contributed by atoms with Crippen molar-refractivity contribution < 1.29 is 4.79 Å². The van der Waals surface area contributed by atoms with Crippen molar-refractivity contribution in [3.05, 3.63) is 29.8 Å². The second-order valence-electron chi connectivity index (χ2n) is 4.29. The molecule has 1 atom stereocenters. The molecule has 0 fully saturated rings. The quantitative estimate of drug-likeness (QED) is 0.806. The largest absolute Gasteiger partial charge is 0.359 e. The third-order valence-electron chi connectivity index (χ3n) is 3.47. The number of benzene rings is 1. The first-order valence-corrected chi connectivity index (χ1v) is 6.16. The molecule has 0 aromatic heterocycles. The van der Waals surface area contributed by atoms with Gasteiger partial charge >= 0.3 is 0 Å². The number of hydrogen-bond donors (Lipinski definition) is 2. The Morgan fingerprint density at radius 1 is 1.47 bits per heavy atom. The van der Waals surface area contributed by atoms with E-state index in [1.54, 1.807) is 7.05 Å². The number of amides is 1. The van der Waals surface area contributed by atoms with Crippen LogP contribution in [-0.2, 0) is 10.2 Å². The van der Waals surface area contributed by atoms with Gasteiger partial charge in [0.15, 0.2) is 0 Å². The first kappa shape index (κ1) is 12.0. The molecule has 0 bridgehead atoms. The Morgan fingerprint density at radius 3 is 2.82 bits per heavy atom. The average molecular weight is 248 g/mol. The molecule has 4 heteroatoms. The van der Waals surface area contributed by atoms with E-state index in [1.807, 2.05) is 24.3 Å². The van der Waals surface area contributed by atoms with Crippen molar-refractivity contribution in [2.24, 2.45) is 0 Å². The van der Waals surface area contributed by atoms with E-state index in [4.69, 9.17) is 12.2 Å². The Morgan fingerprint density at radius 2 is 2.18 bits per heavy atom. The standard InChI is InChI=1S/C13H16N2OS/c1-3-13(8-11(16)14-2)9-6-4-5-7-10(9)15-12(13)17/h4-7H,3,8H2,1-2H3,(H,14,16)(H,15,17). The van der Waals surface area contributed by atoms with E-state index in [0.717, 1.165) is 22.7 Å². The number of fused-ring (bicyclic) bond motifs is 1. The minimum Gasteiger partial charge on any atom is -0.359 e. The lowest BCUT2D eigenvalue weighted by Crippen LogP contribution is -2.38. The topological polar surface area (TPSA) is 41.1 Å². The molecular formula is C13H16N2OS. The highest BCUT2D eigenvalue weighted by Crippen LogP contribution is 2.43. The van der Waals surface area contributed by atoms with Crippen LogP contribution in [0.15, 0.2) is 24.3 Å². The highest BCUT2D eigenvalue weighted by atomic mass is 32.1. The van der Waals surface area contributed by atoms with E-state index in [0.29, 0.717) is 6.42 Å². The second-order valence-corrected chi connectivity index (χ2v) is 4.69. The molecule has 2 rings (SSSR count). The number of carbonyl (C=O) groups is 1. The van der Waals surface area contributed by atoms with Gasteiger partial charge in [0.05, 0.1) is 10.4 Å².